The van der Waals surface area contributed by atoms with Crippen molar-refractivity contribution in [2.45, 2.75) is 24.1 Å². The Morgan fingerprint density at radius 1 is 1.56 bits per heavy atom. The van der Waals surface area contributed by atoms with Gasteiger partial charge in [0.1, 0.15) is 0 Å². The molecule has 0 radical (unpaired) electrons. The molecule has 0 unspecified atom stereocenters. The number of nitrogens with one attached hydrogen (secondary N) is 1. The summed E-state index contributed by atoms with van der Waals surface area (Å²) in [4.78, 5) is 12.1. The highest BCUT2D eigenvalue weighted by Gasteiger charge is 2.02. The first-order chi connectivity index (χ1) is 7.76. The van der Waals surface area contributed by atoms with E-state index in [-0.39, 0.29) is 0 Å². The van der Waals surface area contributed by atoms with Crippen LogP contribution in [0.1, 0.15) is 18.9 Å². The molecule has 16 heavy (non-hydrogen) atoms. The first-order valence-corrected chi connectivity index (χ1v) is 6.36. The van der Waals surface area contributed by atoms with Crippen molar-refractivity contribution in [3.05, 3.63) is 29.8 Å². The zero-order chi connectivity index (χ0) is 11.8. The number of halogens is 1. The van der Waals surface area contributed by atoms with E-state index in [9.17, 15) is 4.79 Å². The maximum absolute atomic E-state index is 11.1. The number of alkyl halides is 1. The molecule has 0 spiro atoms. The van der Waals surface area contributed by atoms with Gasteiger partial charge < -0.3 is 4.74 Å². The SMILES string of the molecule is CCCOC(=O)NSc1cccc(CCl)c1. The minimum absolute atomic E-state index is 0.414. The van der Waals surface area contributed by atoms with E-state index in [0.717, 1.165) is 16.9 Å². The van der Waals surface area contributed by atoms with E-state index in [1.165, 1.54) is 11.9 Å². The Balaban J connectivity index is 2.38. The predicted octanol–water partition coefficient (Wildman–Crippen LogP) is 3.57. The molecule has 0 atom stereocenters. The van der Waals surface area contributed by atoms with Crippen LogP contribution in [0.4, 0.5) is 4.79 Å². The minimum Gasteiger partial charge on any atom is -0.449 e. The van der Waals surface area contributed by atoms with Crippen LogP contribution in [0.25, 0.3) is 0 Å². The van der Waals surface area contributed by atoms with Crippen LogP contribution in [0.15, 0.2) is 29.2 Å². The van der Waals surface area contributed by atoms with Crippen LogP contribution >= 0.6 is 23.5 Å². The predicted molar refractivity (Wildman–Crippen MR) is 66.6 cm³/mol. The van der Waals surface area contributed by atoms with Gasteiger partial charge >= 0.3 is 6.09 Å². The summed E-state index contributed by atoms with van der Waals surface area (Å²) in [5.74, 6) is 0.467. The Morgan fingerprint density at radius 2 is 2.38 bits per heavy atom. The van der Waals surface area contributed by atoms with E-state index in [1.54, 1.807) is 0 Å². The quantitative estimate of drug-likeness (QED) is 0.649. The number of amides is 1. The van der Waals surface area contributed by atoms with Gasteiger partial charge in [-0.1, -0.05) is 19.1 Å². The third-order valence-electron chi connectivity index (χ3n) is 1.74. The summed E-state index contributed by atoms with van der Waals surface area (Å²) in [5.41, 5.74) is 1.02. The fourth-order valence-corrected chi connectivity index (χ4v) is 1.80. The largest absolute Gasteiger partial charge is 0.449 e. The number of carbonyl (C=O) groups is 1. The zero-order valence-electron chi connectivity index (χ0n) is 9.03. The van der Waals surface area contributed by atoms with Gasteiger partial charge in [-0.3, -0.25) is 4.72 Å². The van der Waals surface area contributed by atoms with E-state index >= 15 is 0 Å². The minimum atomic E-state index is -0.414. The van der Waals surface area contributed by atoms with E-state index in [4.69, 9.17) is 16.3 Å². The van der Waals surface area contributed by atoms with E-state index < -0.39 is 6.09 Å². The lowest BCUT2D eigenvalue weighted by Gasteiger charge is -2.05. The van der Waals surface area contributed by atoms with Gasteiger partial charge in [0, 0.05) is 10.8 Å². The average Bonchev–Trinajstić information content (AvgIpc) is 2.34. The van der Waals surface area contributed by atoms with Gasteiger partial charge in [-0.25, -0.2) is 4.79 Å². The molecule has 88 valence electrons. The van der Waals surface area contributed by atoms with Crippen molar-refractivity contribution in [3.63, 3.8) is 0 Å². The second-order valence-corrected chi connectivity index (χ2v) is 4.27. The van der Waals surface area contributed by atoms with Gasteiger partial charge in [-0.2, -0.15) is 0 Å². The van der Waals surface area contributed by atoms with Crippen molar-refractivity contribution in [1.82, 2.24) is 4.72 Å². The van der Waals surface area contributed by atoms with Gasteiger partial charge in [-0.15, -0.1) is 11.6 Å². The van der Waals surface area contributed by atoms with Gasteiger partial charge in [0.15, 0.2) is 0 Å². The third kappa shape index (κ3) is 4.77. The van der Waals surface area contributed by atoms with Crippen molar-refractivity contribution in [1.29, 1.82) is 0 Å². The molecule has 0 saturated carbocycles. The maximum atomic E-state index is 11.1. The number of benzene rings is 1. The smallest absolute Gasteiger partial charge is 0.417 e. The first-order valence-electron chi connectivity index (χ1n) is 5.00. The van der Waals surface area contributed by atoms with E-state index in [1.807, 2.05) is 31.2 Å². The Hall–Kier alpha value is -0.870. The van der Waals surface area contributed by atoms with E-state index in [0.29, 0.717) is 12.5 Å². The van der Waals surface area contributed by atoms with Crippen LogP contribution < -0.4 is 4.72 Å². The summed E-state index contributed by atoms with van der Waals surface area (Å²) in [6.45, 7) is 2.39. The Labute approximate surface area is 105 Å². The fourth-order valence-electron chi connectivity index (χ4n) is 1.02. The molecule has 0 heterocycles. The topological polar surface area (TPSA) is 38.3 Å². The van der Waals surface area contributed by atoms with Crippen LogP contribution in [0.2, 0.25) is 0 Å². The standard InChI is InChI=1S/C11H14ClNO2S/c1-2-6-15-11(14)13-16-10-5-3-4-9(7-10)8-12/h3-5,7H,2,6,8H2,1H3,(H,13,14). The second kappa shape index (κ2) is 7.41. The third-order valence-corrected chi connectivity index (χ3v) is 2.81. The second-order valence-electron chi connectivity index (χ2n) is 3.12. The summed E-state index contributed by atoms with van der Waals surface area (Å²) >= 11 is 6.93. The van der Waals surface area contributed by atoms with Crippen LogP contribution in [0, 0.1) is 0 Å². The molecular weight excluding hydrogens is 246 g/mol. The fraction of sp³-hybridized carbons (Fsp3) is 0.364. The summed E-state index contributed by atoms with van der Waals surface area (Å²) < 4.78 is 7.47. The van der Waals surface area contributed by atoms with Crippen molar-refractivity contribution in [3.8, 4) is 0 Å². The molecule has 0 aliphatic rings. The summed E-state index contributed by atoms with van der Waals surface area (Å²) in [6.07, 6.45) is 0.405. The highest BCUT2D eigenvalue weighted by Crippen LogP contribution is 2.17. The molecule has 0 saturated heterocycles. The average molecular weight is 260 g/mol. The molecule has 1 aromatic carbocycles. The van der Waals surface area contributed by atoms with Crippen molar-refractivity contribution in [2.75, 3.05) is 6.61 Å². The van der Waals surface area contributed by atoms with Gasteiger partial charge in [0.05, 0.1) is 6.61 Å². The first kappa shape index (κ1) is 13.2. The number of hydrogen-bond acceptors (Lipinski definition) is 3. The van der Waals surface area contributed by atoms with Crippen molar-refractivity contribution in [2.24, 2.45) is 0 Å². The van der Waals surface area contributed by atoms with Crippen LogP contribution in [0.5, 0.6) is 0 Å². The lowest BCUT2D eigenvalue weighted by Crippen LogP contribution is -2.17. The molecule has 1 amide bonds. The highest BCUT2D eigenvalue weighted by atomic mass is 35.5. The number of carbonyl (C=O) groups excluding carboxylic acids is 1. The monoisotopic (exact) mass is 259 g/mol. The normalized spacial score (nSPS) is 9.88. The molecule has 0 fully saturated rings. The molecule has 3 nitrogen and oxygen atoms in total. The number of rotatable bonds is 5. The molecule has 0 bridgehead atoms. The molecular formula is C11H14ClNO2S. The van der Waals surface area contributed by atoms with Gasteiger partial charge in [0.25, 0.3) is 0 Å². The summed E-state index contributed by atoms with van der Waals surface area (Å²) in [5, 5.41) is 0. The Morgan fingerprint density at radius 3 is 3.06 bits per heavy atom. The van der Waals surface area contributed by atoms with Gasteiger partial charge in [0.2, 0.25) is 0 Å². The van der Waals surface area contributed by atoms with Crippen LogP contribution in [-0.2, 0) is 10.6 Å². The van der Waals surface area contributed by atoms with Crippen molar-refractivity contribution < 1.29 is 9.53 Å². The molecule has 0 aliphatic heterocycles. The molecule has 0 aliphatic carbocycles. The van der Waals surface area contributed by atoms with Crippen LogP contribution in [0.3, 0.4) is 0 Å². The molecule has 1 aromatic rings. The lowest BCUT2D eigenvalue weighted by atomic mass is 10.2. The highest BCUT2D eigenvalue weighted by molar-refractivity contribution is 7.98. The number of ether oxygens (including phenoxy) is 1. The molecule has 0 aromatic heterocycles. The zero-order valence-corrected chi connectivity index (χ0v) is 10.6. The molecule has 1 N–H and O–H groups in total. The maximum Gasteiger partial charge on any atom is 0.417 e. The summed E-state index contributed by atoms with van der Waals surface area (Å²) in [6, 6.07) is 7.67. The number of hydrogen-bond donors (Lipinski definition) is 1. The van der Waals surface area contributed by atoms with Gasteiger partial charge in [-0.05, 0) is 36.1 Å². The van der Waals surface area contributed by atoms with Crippen molar-refractivity contribution >= 4 is 29.6 Å². The summed E-state index contributed by atoms with van der Waals surface area (Å²) in [7, 11) is 0. The lowest BCUT2D eigenvalue weighted by molar-refractivity contribution is 0.153. The van der Waals surface area contributed by atoms with E-state index in [2.05, 4.69) is 4.72 Å². The Kier molecular flexibility index (Phi) is 6.11. The van der Waals surface area contributed by atoms with Crippen LogP contribution in [-0.4, -0.2) is 12.7 Å². The molecule has 5 heteroatoms. The Bertz CT molecular complexity index is 347. The molecule has 1 rings (SSSR count).